The van der Waals surface area contributed by atoms with Gasteiger partial charge in [-0.05, 0) is 48.2 Å². The van der Waals surface area contributed by atoms with E-state index in [4.69, 9.17) is 0 Å². The van der Waals surface area contributed by atoms with E-state index in [1.807, 2.05) is 37.3 Å². The topological polar surface area (TPSA) is 72.7 Å². The lowest BCUT2D eigenvalue weighted by Gasteiger charge is -2.16. The van der Waals surface area contributed by atoms with E-state index in [-0.39, 0.29) is 11.9 Å². The minimum atomic E-state index is -0.0760. The van der Waals surface area contributed by atoms with Gasteiger partial charge in [-0.2, -0.15) is 0 Å². The fourth-order valence-corrected chi connectivity index (χ4v) is 4.67. The van der Waals surface area contributed by atoms with Gasteiger partial charge >= 0.3 is 0 Å². The van der Waals surface area contributed by atoms with E-state index >= 15 is 0 Å². The Hall–Kier alpha value is -3.19. The van der Waals surface area contributed by atoms with E-state index in [1.54, 1.807) is 12.4 Å². The number of thioether (sulfide) groups is 1. The summed E-state index contributed by atoms with van der Waals surface area (Å²) >= 11 is 1.44. The second-order valence-electron chi connectivity index (χ2n) is 7.79. The Balaban J connectivity index is 1.28. The van der Waals surface area contributed by atoms with Crippen molar-refractivity contribution in [2.45, 2.75) is 37.0 Å². The maximum absolute atomic E-state index is 12.7. The molecular weight excluding hydrogens is 406 g/mol. The summed E-state index contributed by atoms with van der Waals surface area (Å²) in [6.45, 7) is 2.03. The predicted octanol–water partition coefficient (Wildman–Crippen LogP) is 4.80. The summed E-state index contributed by atoms with van der Waals surface area (Å²) in [7, 11) is 0. The highest BCUT2D eigenvalue weighted by Crippen LogP contribution is 2.41. The van der Waals surface area contributed by atoms with Crippen LogP contribution in [0.25, 0.3) is 22.2 Å². The normalized spacial score (nSPS) is 14.5. The minimum Gasteiger partial charge on any atom is -0.349 e. The highest BCUT2D eigenvalue weighted by Gasteiger charge is 2.30. The van der Waals surface area contributed by atoms with E-state index < -0.39 is 0 Å². The Morgan fingerprint density at radius 2 is 1.87 bits per heavy atom. The van der Waals surface area contributed by atoms with Crippen LogP contribution in [0.5, 0.6) is 0 Å². The van der Waals surface area contributed by atoms with Crippen molar-refractivity contribution in [3.63, 3.8) is 0 Å². The molecule has 0 aliphatic heterocycles. The number of pyridine rings is 1. The van der Waals surface area contributed by atoms with E-state index in [2.05, 4.69) is 49.3 Å². The third-order valence-corrected chi connectivity index (χ3v) is 6.46. The molecule has 6 nitrogen and oxygen atoms in total. The van der Waals surface area contributed by atoms with Gasteiger partial charge in [0.2, 0.25) is 5.91 Å². The predicted molar refractivity (Wildman–Crippen MR) is 123 cm³/mol. The number of benzene rings is 2. The molecule has 0 bridgehead atoms. The number of hydrogen-bond donors (Lipinski definition) is 1. The van der Waals surface area contributed by atoms with Gasteiger partial charge < -0.3 is 5.32 Å². The molecular formula is C24H23N5OS. The third kappa shape index (κ3) is 4.18. The Bertz CT molecular complexity index is 1210. The SMILES string of the molecule is C[C@H](NC(=O)CSc1nnc(-c2ccncc2)n1C1CC1)c1cccc2ccccc12. The van der Waals surface area contributed by atoms with Gasteiger partial charge in [0.15, 0.2) is 11.0 Å². The summed E-state index contributed by atoms with van der Waals surface area (Å²) in [5.74, 6) is 1.13. The van der Waals surface area contributed by atoms with Crippen LogP contribution in [0.1, 0.15) is 37.4 Å². The van der Waals surface area contributed by atoms with Crippen LogP contribution < -0.4 is 5.32 Å². The number of carbonyl (C=O) groups is 1. The minimum absolute atomic E-state index is 0.0127. The van der Waals surface area contributed by atoms with Crippen molar-refractivity contribution in [2.75, 3.05) is 5.75 Å². The Morgan fingerprint density at radius 3 is 2.68 bits per heavy atom. The monoisotopic (exact) mass is 429 g/mol. The second kappa shape index (κ2) is 8.51. The first-order valence-electron chi connectivity index (χ1n) is 10.5. The summed E-state index contributed by atoms with van der Waals surface area (Å²) in [6, 6.07) is 18.7. The van der Waals surface area contributed by atoms with Gasteiger partial charge in [-0.25, -0.2) is 0 Å². The average molecular weight is 430 g/mol. The van der Waals surface area contributed by atoms with Gasteiger partial charge in [-0.1, -0.05) is 54.2 Å². The molecule has 0 unspecified atom stereocenters. The van der Waals surface area contributed by atoms with E-state index in [0.29, 0.717) is 11.8 Å². The maximum atomic E-state index is 12.7. The molecule has 7 heteroatoms. The molecule has 156 valence electrons. The van der Waals surface area contributed by atoms with E-state index in [0.717, 1.165) is 34.9 Å². The van der Waals surface area contributed by atoms with Crippen LogP contribution in [-0.4, -0.2) is 31.4 Å². The van der Waals surface area contributed by atoms with Crippen molar-refractivity contribution < 1.29 is 4.79 Å². The van der Waals surface area contributed by atoms with Crippen LogP contribution in [0.3, 0.4) is 0 Å². The van der Waals surface area contributed by atoms with Gasteiger partial charge in [0.1, 0.15) is 0 Å². The fraction of sp³-hybridized carbons (Fsp3) is 0.250. The average Bonchev–Trinajstić information content (AvgIpc) is 3.56. The summed E-state index contributed by atoms with van der Waals surface area (Å²) in [6.07, 6.45) is 5.76. The molecule has 1 atom stereocenters. The van der Waals surface area contributed by atoms with E-state index in [9.17, 15) is 4.79 Å². The summed E-state index contributed by atoms with van der Waals surface area (Å²) in [5.41, 5.74) is 2.12. The van der Waals surface area contributed by atoms with Crippen molar-refractivity contribution in [2.24, 2.45) is 0 Å². The van der Waals surface area contributed by atoms with Crippen molar-refractivity contribution in [3.8, 4) is 11.4 Å². The van der Waals surface area contributed by atoms with E-state index in [1.165, 1.54) is 22.5 Å². The largest absolute Gasteiger partial charge is 0.349 e. The lowest BCUT2D eigenvalue weighted by Crippen LogP contribution is -2.28. The van der Waals surface area contributed by atoms with Crippen molar-refractivity contribution in [3.05, 3.63) is 72.6 Å². The number of nitrogens with one attached hydrogen (secondary N) is 1. The Labute approximate surface area is 185 Å². The highest BCUT2D eigenvalue weighted by molar-refractivity contribution is 7.99. The van der Waals surface area contributed by atoms with Crippen LogP contribution in [0.4, 0.5) is 0 Å². The molecule has 5 rings (SSSR count). The molecule has 0 saturated heterocycles. The zero-order valence-electron chi connectivity index (χ0n) is 17.2. The van der Waals surface area contributed by atoms with Gasteiger partial charge in [-0.15, -0.1) is 10.2 Å². The number of aromatic nitrogens is 4. The summed E-state index contributed by atoms with van der Waals surface area (Å²) in [4.78, 5) is 16.8. The first kappa shape index (κ1) is 19.8. The summed E-state index contributed by atoms with van der Waals surface area (Å²) in [5, 5.41) is 15.1. The molecule has 31 heavy (non-hydrogen) atoms. The van der Waals surface area contributed by atoms with Crippen LogP contribution in [0.2, 0.25) is 0 Å². The van der Waals surface area contributed by atoms with Crippen LogP contribution in [0, 0.1) is 0 Å². The number of nitrogens with zero attached hydrogens (tertiary/aromatic N) is 4. The number of rotatable bonds is 7. The van der Waals surface area contributed by atoms with Crippen molar-refractivity contribution >= 4 is 28.4 Å². The Kier molecular flexibility index (Phi) is 5.42. The van der Waals surface area contributed by atoms with Crippen LogP contribution >= 0.6 is 11.8 Å². The highest BCUT2D eigenvalue weighted by atomic mass is 32.2. The molecule has 1 saturated carbocycles. The van der Waals surface area contributed by atoms with Crippen molar-refractivity contribution in [1.29, 1.82) is 0 Å². The molecule has 1 aliphatic rings. The lowest BCUT2D eigenvalue weighted by molar-refractivity contribution is -0.119. The molecule has 1 aliphatic carbocycles. The van der Waals surface area contributed by atoms with Gasteiger partial charge in [0.25, 0.3) is 0 Å². The summed E-state index contributed by atoms with van der Waals surface area (Å²) < 4.78 is 2.17. The molecule has 1 fully saturated rings. The smallest absolute Gasteiger partial charge is 0.230 e. The first-order valence-corrected chi connectivity index (χ1v) is 11.4. The fourth-order valence-electron chi connectivity index (χ4n) is 3.85. The quantitative estimate of drug-likeness (QED) is 0.427. The zero-order valence-corrected chi connectivity index (χ0v) is 18.0. The molecule has 2 aromatic heterocycles. The third-order valence-electron chi connectivity index (χ3n) is 5.51. The Morgan fingerprint density at radius 1 is 1.10 bits per heavy atom. The first-order chi connectivity index (χ1) is 15.2. The zero-order chi connectivity index (χ0) is 21.2. The molecule has 4 aromatic rings. The standard InChI is InChI=1S/C24H23N5OS/c1-16(20-8-4-6-17-5-2-3-7-21(17)20)26-22(30)15-31-24-28-27-23(29(24)19-9-10-19)18-11-13-25-14-12-18/h2-8,11-14,16,19H,9-10,15H2,1H3,(H,26,30)/t16-/m0/s1. The van der Waals surface area contributed by atoms with Gasteiger partial charge in [-0.3, -0.25) is 14.3 Å². The number of amides is 1. The molecule has 0 spiro atoms. The van der Waals surface area contributed by atoms with Gasteiger partial charge in [0.05, 0.1) is 11.8 Å². The van der Waals surface area contributed by atoms with Crippen molar-refractivity contribution in [1.82, 2.24) is 25.1 Å². The molecule has 0 radical (unpaired) electrons. The number of hydrogen-bond acceptors (Lipinski definition) is 5. The van der Waals surface area contributed by atoms with Gasteiger partial charge in [0, 0.05) is 24.0 Å². The lowest BCUT2D eigenvalue weighted by atomic mass is 10.00. The number of carbonyl (C=O) groups excluding carboxylic acids is 1. The molecule has 2 aromatic carbocycles. The maximum Gasteiger partial charge on any atom is 0.230 e. The molecule has 1 amide bonds. The number of fused-ring (bicyclic) bond motifs is 1. The molecule has 1 N–H and O–H groups in total. The van der Waals surface area contributed by atoms with Crippen LogP contribution in [0.15, 0.2) is 72.1 Å². The van der Waals surface area contributed by atoms with Crippen LogP contribution in [-0.2, 0) is 4.79 Å². The second-order valence-corrected chi connectivity index (χ2v) is 8.73. The molecule has 2 heterocycles.